The van der Waals surface area contributed by atoms with E-state index < -0.39 is 5.82 Å². The third kappa shape index (κ3) is 3.29. The van der Waals surface area contributed by atoms with Crippen molar-refractivity contribution in [2.24, 2.45) is 5.92 Å². The highest BCUT2D eigenvalue weighted by atomic mass is 19.1. The maximum Gasteiger partial charge on any atom is 0.254 e. The summed E-state index contributed by atoms with van der Waals surface area (Å²) in [6, 6.07) is 4.65. The van der Waals surface area contributed by atoms with Crippen molar-refractivity contribution in [3.63, 3.8) is 0 Å². The molecule has 98 valence electrons. The number of hydrogen-bond acceptors (Lipinski definition) is 2. The zero-order chi connectivity index (χ0) is 13.0. The van der Waals surface area contributed by atoms with Crippen LogP contribution in [0.4, 0.5) is 4.39 Å². The summed E-state index contributed by atoms with van der Waals surface area (Å²) in [5.41, 5.74) is 0.932. The van der Waals surface area contributed by atoms with Crippen LogP contribution >= 0.6 is 0 Å². The molecule has 18 heavy (non-hydrogen) atoms. The maximum atomic E-state index is 13.6. The lowest BCUT2D eigenvalue weighted by atomic mass is 10.0. The van der Waals surface area contributed by atoms with E-state index in [-0.39, 0.29) is 11.5 Å². The average molecular weight is 251 g/mol. The summed E-state index contributed by atoms with van der Waals surface area (Å²) >= 11 is 0. The van der Waals surface area contributed by atoms with Crippen molar-refractivity contribution in [3.05, 3.63) is 35.1 Å². The number of rotatable bonds is 3. The van der Waals surface area contributed by atoms with Crippen LogP contribution in [0.1, 0.15) is 28.8 Å². The predicted octanol–water partition coefficient (Wildman–Crippen LogP) is 2.29. The highest BCUT2D eigenvalue weighted by molar-refractivity contribution is 5.94. The summed E-state index contributed by atoms with van der Waals surface area (Å²) in [6.07, 6.45) is 1.91. The Bertz CT molecular complexity index is 428. The molecule has 0 aromatic heterocycles. The Balaban J connectivity index is 1.90. The van der Waals surface area contributed by atoms with Crippen LogP contribution in [0.25, 0.3) is 0 Å². The number of benzene rings is 1. The molecule has 0 spiro atoms. The SMILES string of the molecule is Cc1ccc(C(=O)NCC2CCOCC2)c(F)c1. The Kier molecular flexibility index (Phi) is 4.31. The number of carbonyl (C=O) groups is 1. The molecule has 0 aliphatic carbocycles. The summed E-state index contributed by atoms with van der Waals surface area (Å²) in [4.78, 5) is 11.8. The second-order valence-corrected chi connectivity index (χ2v) is 4.75. The highest BCUT2D eigenvalue weighted by Crippen LogP contribution is 2.14. The fourth-order valence-electron chi connectivity index (χ4n) is 2.09. The number of nitrogens with one attached hydrogen (secondary N) is 1. The molecule has 0 atom stereocenters. The Labute approximate surface area is 106 Å². The monoisotopic (exact) mass is 251 g/mol. The van der Waals surface area contributed by atoms with Gasteiger partial charge in [-0.1, -0.05) is 6.07 Å². The molecule has 1 fully saturated rings. The molecule has 3 nitrogen and oxygen atoms in total. The predicted molar refractivity (Wildman–Crippen MR) is 67.0 cm³/mol. The summed E-state index contributed by atoms with van der Waals surface area (Å²) in [7, 11) is 0. The van der Waals surface area contributed by atoms with Crippen LogP contribution in [0.2, 0.25) is 0 Å². The highest BCUT2D eigenvalue weighted by Gasteiger charge is 2.16. The van der Waals surface area contributed by atoms with Crippen molar-refractivity contribution in [3.8, 4) is 0 Å². The molecular formula is C14H18FNO2. The van der Waals surface area contributed by atoms with Crippen molar-refractivity contribution in [2.75, 3.05) is 19.8 Å². The lowest BCUT2D eigenvalue weighted by molar-refractivity contribution is 0.0642. The van der Waals surface area contributed by atoms with Crippen LogP contribution in [0.5, 0.6) is 0 Å². The number of aryl methyl sites for hydroxylation is 1. The standard InChI is InChI=1S/C14H18FNO2/c1-10-2-3-12(13(15)8-10)14(17)16-9-11-4-6-18-7-5-11/h2-3,8,11H,4-7,9H2,1H3,(H,16,17). The van der Waals surface area contributed by atoms with E-state index in [1.54, 1.807) is 13.0 Å². The second-order valence-electron chi connectivity index (χ2n) is 4.75. The van der Waals surface area contributed by atoms with Crippen LogP contribution in [0, 0.1) is 18.7 Å². The number of carbonyl (C=O) groups excluding carboxylic acids is 1. The van der Waals surface area contributed by atoms with Gasteiger partial charge in [-0.2, -0.15) is 0 Å². The summed E-state index contributed by atoms with van der Waals surface area (Å²) in [5, 5.41) is 2.79. The minimum absolute atomic E-state index is 0.118. The largest absolute Gasteiger partial charge is 0.381 e. The van der Waals surface area contributed by atoms with Crippen LogP contribution < -0.4 is 5.32 Å². The van der Waals surface area contributed by atoms with Gasteiger partial charge >= 0.3 is 0 Å². The van der Waals surface area contributed by atoms with Gasteiger partial charge in [0.1, 0.15) is 5.82 Å². The Morgan fingerprint density at radius 3 is 2.83 bits per heavy atom. The molecule has 1 amide bonds. The molecule has 1 aliphatic rings. The minimum atomic E-state index is -0.459. The van der Waals surface area contributed by atoms with Crippen LogP contribution in [0.15, 0.2) is 18.2 Å². The van der Waals surface area contributed by atoms with Crippen LogP contribution in [-0.2, 0) is 4.74 Å². The first kappa shape index (κ1) is 13.0. The van der Waals surface area contributed by atoms with Gasteiger partial charge in [0.25, 0.3) is 5.91 Å². The molecule has 1 aromatic rings. The first-order chi connectivity index (χ1) is 8.66. The Morgan fingerprint density at radius 2 is 2.17 bits per heavy atom. The van der Waals surface area contributed by atoms with Gasteiger partial charge in [-0.15, -0.1) is 0 Å². The van der Waals surface area contributed by atoms with E-state index in [9.17, 15) is 9.18 Å². The minimum Gasteiger partial charge on any atom is -0.381 e. The summed E-state index contributed by atoms with van der Waals surface area (Å²) in [6.45, 7) is 3.89. The molecule has 4 heteroatoms. The first-order valence-electron chi connectivity index (χ1n) is 6.29. The molecule has 1 aromatic carbocycles. The average Bonchev–Trinajstić information content (AvgIpc) is 2.37. The van der Waals surface area contributed by atoms with Gasteiger partial charge in [-0.05, 0) is 43.4 Å². The number of halogens is 1. The second kappa shape index (κ2) is 5.96. The zero-order valence-electron chi connectivity index (χ0n) is 10.5. The van der Waals surface area contributed by atoms with E-state index in [1.807, 2.05) is 0 Å². The quantitative estimate of drug-likeness (QED) is 0.895. The Hall–Kier alpha value is -1.42. The van der Waals surface area contributed by atoms with E-state index in [0.29, 0.717) is 12.5 Å². The fourth-order valence-corrected chi connectivity index (χ4v) is 2.09. The molecule has 2 rings (SSSR count). The van der Waals surface area contributed by atoms with Gasteiger partial charge in [-0.25, -0.2) is 4.39 Å². The molecule has 0 unspecified atom stereocenters. The van der Waals surface area contributed by atoms with E-state index in [4.69, 9.17) is 4.74 Å². The fraction of sp³-hybridized carbons (Fsp3) is 0.500. The molecule has 1 aliphatic heterocycles. The van der Waals surface area contributed by atoms with E-state index in [0.717, 1.165) is 31.6 Å². The number of hydrogen-bond donors (Lipinski definition) is 1. The summed E-state index contributed by atoms with van der Waals surface area (Å²) < 4.78 is 18.8. The first-order valence-corrected chi connectivity index (χ1v) is 6.29. The van der Waals surface area contributed by atoms with Gasteiger partial charge in [0.05, 0.1) is 5.56 Å². The topological polar surface area (TPSA) is 38.3 Å². The van der Waals surface area contributed by atoms with Crippen molar-refractivity contribution >= 4 is 5.91 Å². The molecule has 0 radical (unpaired) electrons. The molecule has 0 bridgehead atoms. The molecule has 0 saturated carbocycles. The maximum absolute atomic E-state index is 13.6. The number of amides is 1. The zero-order valence-corrected chi connectivity index (χ0v) is 10.5. The summed E-state index contributed by atoms with van der Waals surface area (Å²) in [5.74, 6) is -0.352. The third-order valence-corrected chi connectivity index (χ3v) is 3.26. The lowest BCUT2D eigenvalue weighted by Crippen LogP contribution is -2.32. The third-order valence-electron chi connectivity index (χ3n) is 3.26. The van der Waals surface area contributed by atoms with Crippen molar-refractivity contribution < 1.29 is 13.9 Å². The number of ether oxygens (including phenoxy) is 1. The molecular weight excluding hydrogens is 233 g/mol. The van der Waals surface area contributed by atoms with Gasteiger partial charge in [0.15, 0.2) is 0 Å². The normalized spacial score (nSPS) is 16.6. The van der Waals surface area contributed by atoms with Gasteiger partial charge < -0.3 is 10.1 Å². The van der Waals surface area contributed by atoms with Gasteiger partial charge in [0.2, 0.25) is 0 Å². The van der Waals surface area contributed by atoms with Crippen molar-refractivity contribution in [1.82, 2.24) is 5.32 Å². The van der Waals surface area contributed by atoms with Gasteiger partial charge in [0, 0.05) is 19.8 Å². The van der Waals surface area contributed by atoms with E-state index in [2.05, 4.69) is 5.32 Å². The van der Waals surface area contributed by atoms with Crippen LogP contribution in [0.3, 0.4) is 0 Å². The lowest BCUT2D eigenvalue weighted by Gasteiger charge is -2.22. The molecule has 1 saturated heterocycles. The smallest absolute Gasteiger partial charge is 0.254 e. The van der Waals surface area contributed by atoms with Gasteiger partial charge in [-0.3, -0.25) is 4.79 Å². The molecule has 1 N–H and O–H groups in total. The van der Waals surface area contributed by atoms with Crippen molar-refractivity contribution in [1.29, 1.82) is 0 Å². The van der Waals surface area contributed by atoms with Crippen molar-refractivity contribution in [2.45, 2.75) is 19.8 Å². The van der Waals surface area contributed by atoms with E-state index >= 15 is 0 Å². The molecule has 1 heterocycles. The van der Waals surface area contributed by atoms with E-state index in [1.165, 1.54) is 12.1 Å². The van der Waals surface area contributed by atoms with Crippen LogP contribution in [-0.4, -0.2) is 25.7 Å². The Morgan fingerprint density at radius 1 is 1.44 bits per heavy atom.